The van der Waals surface area contributed by atoms with E-state index in [0.29, 0.717) is 18.1 Å². The molecule has 2 rings (SSSR count). The maximum atomic E-state index is 13.7. The van der Waals surface area contributed by atoms with Crippen LogP contribution >= 0.6 is 11.3 Å². The molecular formula is C18H23FN4OS. The van der Waals surface area contributed by atoms with Gasteiger partial charge in [-0.3, -0.25) is 4.79 Å². The molecule has 0 aliphatic heterocycles. The van der Waals surface area contributed by atoms with Gasteiger partial charge < -0.3 is 15.5 Å². The van der Waals surface area contributed by atoms with E-state index in [-0.39, 0.29) is 24.8 Å². The number of thiophene rings is 1. The van der Waals surface area contributed by atoms with Crippen LogP contribution in [0.4, 0.5) is 4.39 Å². The van der Waals surface area contributed by atoms with E-state index in [1.165, 1.54) is 15.8 Å². The van der Waals surface area contributed by atoms with Gasteiger partial charge in [0.05, 0.1) is 13.1 Å². The fourth-order valence-electron chi connectivity index (χ4n) is 2.04. The summed E-state index contributed by atoms with van der Waals surface area (Å²) in [5.41, 5.74) is 0.515. The van der Waals surface area contributed by atoms with Gasteiger partial charge in [-0.05, 0) is 23.9 Å². The van der Waals surface area contributed by atoms with Crippen LogP contribution in [0.1, 0.15) is 10.4 Å². The van der Waals surface area contributed by atoms with E-state index in [9.17, 15) is 9.18 Å². The minimum atomic E-state index is -0.284. The van der Waals surface area contributed by atoms with Crippen LogP contribution in [0, 0.1) is 5.82 Å². The second-order valence-electron chi connectivity index (χ2n) is 5.65. The Morgan fingerprint density at radius 3 is 2.68 bits per heavy atom. The van der Waals surface area contributed by atoms with E-state index in [1.54, 1.807) is 43.6 Å². The number of aliphatic imine (C=N–C) groups is 1. The maximum absolute atomic E-state index is 13.7. The number of benzene rings is 1. The van der Waals surface area contributed by atoms with Gasteiger partial charge in [0.2, 0.25) is 5.91 Å². The zero-order chi connectivity index (χ0) is 18.1. The van der Waals surface area contributed by atoms with Crippen LogP contribution in [0.15, 0.2) is 46.8 Å². The summed E-state index contributed by atoms with van der Waals surface area (Å²) in [5, 5.41) is 8.23. The summed E-state index contributed by atoms with van der Waals surface area (Å²) in [4.78, 5) is 18.9. The molecule has 0 spiro atoms. The number of nitrogens with zero attached hydrogens (tertiary/aromatic N) is 2. The van der Waals surface area contributed by atoms with E-state index in [1.807, 2.05) is 11.4 Å². The molecule has 0 atom stereocenters. The Balaban J connectivity index is 1.95. The highest BCUT2D eigenvalue weighted by atomic mass is 32.1. The molecule has 0 unspecified atom stereocenters. The highest BCUT2D eigenvalue weighted by Crippen LogP contribution is 2.09. The van der Waals surface area contributed by atoms with E-state index in [2.05, 4.69) is 21.7 Å². The van der Waals surface area contributed by atoms with Crippen molar-refractivity contribution >= 4 is 23.2 Å². The lowest BCUT2D eigenvalue weighted by molar-refractivity contribution is -0.127. The Hall–Kier alpha value is -2.41. The van der Waals surface area contributed by atoms with Crippen molar-refractivity contribution in [1.29, 1.82) is 0 Å². The quantitative estimate of drug-likeness (QED) is 0.587. The normalized spacial score (nSPS) is 11.2. The molecule has 134 valence electrons. The van der Waals surface area contributed by atoms with E-state index in [4.69, 9.17) is 0 Å². The highest BCUT2D eigenvalue weighted by Gasteiger charge is 2.07. The third-order valence-electron chi connectivity index (χ3n) is 3.52. The number of carbonyl (C=O) groups is 1. The van der Waals surface area contributed by atoms with Crippen LogP contribution in [-0.2, 0) is 17.8 Å². The number of hydrogen-bond acceptors (Lipinski definition) is 3. The molecule has 0 bridgehead atoms. The van der Waals surface area contributed by atoms with Gasteiger partial charge in [-0.2, -0.15) is 0 Å². The summed E-state index contributed by atoms with van der Waals surface area (Å²) in [6.45, 7) is 1.02. The number of halogens is 1. The van der Waals surface area contributed by atoms with Gasteiger partial charge in [0.25, 0.3) is 0 Å². The number of rotatable bonds is 7. The van der Waals surface area contributed by atoms with E-state index < -0.39 is 0 Å². The molecule has 0 aliphatic carbocycles. The van der Waals surface area contributed by atoms with E-state index >= 15 is 0 Å². The summed E-state index contributed by atoms with van der Waals surface area (Å²) >= 11 is 1.70. The number of carbonyl (C=O) groups excluding carboxylic acids is 1. The summed E-state index contributed by atoms with van der Waals surface area (Å²) in [6, 6.07) is 10.6. The van der Waals surface area contributed by atoms with Crippen molar-refractivity contribution in [3.8, 4) is 0 Å². The number of nitrogens with one attached hydrogen (secondary N) is 2. The summed E-state index contributed by atoms with van der Waals surface area (Å²) < 4.78 is 13.7. The molecular weight excluding hydrogens is 339 g/mol. The van der Waals surface area contributed by atoms with Crippen LogP contribution in [-0.4, -0.2) is 44.0 Å². The zero-order valence-electron chi connectivity index (χ0n) is 14.5. The molecule has 5 nitrogen and oxygen atoms in total. The minimum Gasteiger partial charge on any atom is -0.356 e. The number of hydrogen-bond donors (Lipinski definition) is 2. The van der Waals surface area contributed by atoms with Gasteiger partial charge in [-0.15, -0.1) is 11.3 Å². The second-order valence-corrected chi connectivity index (χ2v) is 6.69. The molecule has 0 fully saturated rings. The molecule has 0 aliphatic rings. The Bertz CT molecular complexity index is 701. The molecule has 0 saturated carbocycles. The zero-order valence-corrected chi connectivity index (χ0v) is 15.3. The monoisotopic (exact) mass is 362 g/mol. The number of likely N-dealkylation sites (N-methyl/N-ethyl adjacent to an activating group) is 1. The molecule has 1 amide bonds. The third kappa shape index (κ3) is 6.54. The predicted octanol–water partition coefficient (Wildman–Crippen LogP) is 2.25. The van der Waals surface area contributed by atoms with Crippen molar-refractivity contribution in [2.24, 2.45) is 4.99 Å². The van der Waals surface area contributed by atoms with Gasteiger partial charge in [0.15, 0.2) is 5.96 Å². The SMILES string of the molecule is CN(C)C(=O)CNC(=NCc1ccccc1F)NCCc1cccs1. The van der Waals surface area contributed by atoms with Crippen molar-refractivity contribution in [2.45, 2.75) is 13.0 Å². The predicted molar refractivity (Wildman–Crippen MR) is 100 cm³/mol. The van der Waals surface area contributed by atoms with Gasteiger partial charge >= 0.3 is 0 Å². The van der Waals surface area contributed by atoms with Gasteiger partial charge in [0, 0.05) is 31.1 Å². The smallest absolute Gasteiger partial charge is 0.241 e. The lowest BCUT2D eigenvalue weighted by atomic mass is 10.2. The molecule has 7 heteroatoms. The first-order chi connectivity index (χ1) is 12.1. The lowest BCUT2D eigenvalue weighted by Gasteiger charge is -2.15. The largest absolute Gasteiger partial charge is 0.356 e. The van der Waals surface area contributed by atoms with Gasteiger partial charge in [0.1, 0.15) is 5.82 Å². The molecule has 1 aromatic carbocycles. The standard InChI is InChI=1S/C18H23FN4OS/c1-23(2)17(24)13-22-18(20-10-9-15-7-5-11-25-15)21-12-14-6-3-4-8-16(14)19/h3-8,11H,9-10,12-13H2,1-2H3,(H2,20,21,22). The van der Waals surface area contributed by atoms with Crippen molar-refractivity contribution in [1.82, 2.24) is 15.5 Å². The minimum absolute atomic E-state index is 0.0568. The summed E-state index contributed by atoms with van der Waals surface area (Å²) in [5.74, 6) is 0.155. The van der Waals surface area contributed by atoms with Crippen molar-refractivity contribution in [2.75, 3.05) is 27.2 Å². The molecule has 2 aromatic rings. The molecule has 2 N–H and O–H groups in total. The second kappa shape index (κ2) is 9.78. The molecule has 1 aromatic heterocycles. The first-order valence-electron chi connectivity index (χ1n) is 8.04. The fraction of sp³-hybridized carbons (Fsp3) is 0.333. The summed E-state index contributed by atoms with van der Waals surface area (Å²) in [6.07, 6.45) is 0.861. The van der Waals surface area contributed by atoms with Crippen molar-refractivity contribution in [3.05, 3.63) is 58.0 Å². The van der Waals surface area contributed by atoms with Crippen LogP contribution in [0.5, 0.6) is 0 Å². The van der Waals surface area contributed by atoms with Gasteiger partial charge in [-0.1, -0.05) is 24.3 Å². The average molecular weight is 362 g/mol. The van der Waals surface area contributed by atoms with Crippen LogP contribution in [0.25, 0.3) is 0 Å². The maximum Gasteiger partial charge on any atom is 0.241 e. The van der Waals surface area contributed by atoms with Crippen LogP contribution in [0.2, 0.25) is 0 Å². The first kappa shape index (κ1) is 18.9. The first-order valence-corrected chi connectivity index (χ1v) is 8.92. The van der Waals surface area contributed by atoms with E-state index in [0.717, 1.165) is 6.42 Å². The van der Waals surface area contributed by atoms with Gasteiger partial charge in [-0.25, -0.2) is 9.38 Å². The Labute approximate surface area is 151 Å². The van der Waals surface area contributed by atoms with Crippen LogP contribution < -0.4 is 10.6 Å². The average Bonchev–Trinajstić information content (AvgIpc) is 3.11. The summed E-state index contributed by atoms with van der Waals surface area (Å²) in [7, 11) is 3.40. The topological polar surface area (TPSA) is 56.7 Å². The number of guanidine groups is 1. The third-order valence-corrected chi connectivity index (χ3v) is 4.45. The van der Waals surface area contributed by atoms with Crippen LogP contribution in [0.3, 0.4) is 0 Å². The lowest BCUT2D eigenvalue weighted by Crippen LogP contribution is -2.43. The highest BCUT2D eigenvalue weighted by molar-refractivity contribution is 7.09. The Morgan fingerprint density at radius 2 is 2.00 bits per heavy atom. The Kier molecular flexibility index (Phi) is 7.40. The molecule has 25 heavy (non-hydrogen) atoms. The Morgan fingerprint density at radius 1 is 1.20 bits per heavy atom. The van der Waals surface area contributed by atoms with Crippen molar-refractivity contribution in [3.63, 3.8) is 0 Å². The number of amides is 1. The molecule has 0 radical (unpaired) electrons. The van der Waals surface area contributed by atoms with Crippen molar-refractivity contribution < 1.29 is 9.18 Å². The fourth-order valence-corrected chi connectivity index (χ4v) is 2.75. The molecule has 1 heterocycles. The molecule has 0 saturated heterocycles.